The minimum Gasteiger partial charge on any atom is -0.324 e. The Morgan fingerprint density at radius 2 is 2.18 bits per heavy atom. The number of fused-ring (bicyclic) bond motifs is 1. The Hall–Kier alpha value is -2.35. The average Bonchev–Trinajstić information content (AvgIpc) is 3.36. The van der Waals surface area contributed by atoms with Crippen molar-refractivity contribution in [2.75, 3.05) is 25.0 Å². The van der Waals surface area contributed by atoms with E-state index in [1.165, 1.54) is 10.4 Å². The van der Waals surface area contributed by atoms with E-state index in [9.17, 15) is 9.59 Å². The van der Waals surface area contributed by atoms with Gasteiger partial charge in [0.15, 0.2) is 0 Å². The summed E-state index contributed by atoms with van der Waals surface area (Å²) in [4.78, 5) is 31.0. The first-order valence-corrected chi connectivity index (χ1v) is 10.8. The predicted octanol–water partition coefficient (Wildman–Crippen LogP) is 3.42. The van der Waals surface area contributed by atoms with E-state index in [1.807, 2.05) is 9.80 Å². The van der Waals surface area contributed by atoms with Crippen molar-refractivity contribution in [2.24, 2.45) is 5.92 Å². The van der Waals surface area contributed by atoms with Gasteiger partial charge in [0.2, 0.25) is 5.91 Å². The number of likely N-dealkylation sites (tertiary alicyclic amines) is 1. The molecule has 0 radical (unpaired) electrons. The van der Waals surface area contributed by atoms with Gasteiger partial charge in [0, 0.05) is 36.6 Å². The van der Waals surface area contributed by atoms with Crippen molar-refractivity contribution in [1.29, 1.82) is 0 Å². The fourth-order valence-electron chi connectivity index (χ4n) is 4.04. The fraction of sp³-hybridized carbons (Fsp3) is 0.550. The van der Waals surface area contributed by atoms with Crippen LogP contribution in [0.15, 0.2) is 17.6 Å². The molecule has 0 aliphatic carbocycles. The van der Waals surface area contributed by atoms with Crippen molar-refractivity contribution >= 4 is 29.1 Å². The number of nitrogens with one attached hydrogen (secondary N) is 2. The minimum atomic E-state index is -0.192. The van der Waals surface area contributed by atoms with Gasteiger partial charge in [-0.25, -0.2) is 4.79 Å². The molecule has 0 spiro atoms. The number of carbonyl (C=O) groups excluding carboxylic acids is 2. The number of hydrogen-bond donors (Lipinski definition) is 2. The topological polar surface area (TPSA) is 81.3 Å². The van der Waals surface area contributed by atoms with Crippen molar-refractivity contribution in [3.8, 4) is 0 Å². The zero-order valence-electron chi connectivity index (χ0n) is 16.4. The highest BCUT2D eigenvalue weighted by Crippen LogP contribution is 2.27. The second kappa shape index (κ2) is 7.95. The standard InChI is InChI=1S/C20H27N5O2S/c1-13(2)16-10-21-23-18(16)22-19(26)15-4-3-7-24(12-15)20(27)25-8-5-17-14(11-25)6-9-28-17/h6,9-10,13,15H,3-5,7-8,11-12H2,1-2H3,(H2,21,22,23,26). The van der Waals surface area contributed by atoms with Gasteiger partial charge >= 0.3 is 6.03 Å². The third kappa shape index (κ3) is 3.78. The molecule has 2 N–H and O–H groups in total. The van der Waals surface area contributed by atoms with Gasteiger partial charge in [-0.05, 0) is 42.2 Å². The van der Waals surface area contributed by atoms with Crippen LogP contribution in [-0.2, 0) is 17.8 Å². The van der Waals surface area contributed by atoms with E-state index in [4.69, 9.17) is 0 Å². The second-order valence-corrected chi connectivity index (χ2v) is 8.95. The Labute approximate surface area is 169 Å². The average molecular weight is 402 g/mol. The van der Waals surface area contributed by atoms with E-state index in [-0.39, 0.29) is 23.8 Å². The summed E-state index contributed by atoms with van der Waals surface area (Å²) >= 11 is 1.77. The summed E-state index contributed by atoms with van der Waals surface area (Å²) in [5, 5.41) is 12.0. The first-order chi connectivity index (χ1) is 13.5. The van der Waals surface area contributed by atoms with E-state index in [1.54, 1.807) is 17.5 Å². The molecule has 1 atom stereocenters. The number of urea groups is 1. The summed E-state index contributed by atoms with van der Waals surface area (Å²) in [5.41, 5.74) is 2.26. The smallest absolute Gasteiger partial charge is 0.320 e. The zero-order valence-corrected chi connectivity index (χ0v) is 17.2. The summed E-state index contributed by atoms with van der Waals surface area (Å²) in [6.07, 6.45) is 4.33. The Morgan fingerprint density at radius 3 is 3.00 bits per heavy atom. The van der Waals surface area contributed by atoms with E-state index in [0.717, 1.165) is 37.9 Å². The molecule has 2 aliphatic rings. The summed E-state index contributed by atoms with van der Waals surface area (Å²) in [5.74, 6) is 0.717. The number of anilines is 1. The van der Waals surface area contributed by atoms with Crippen LogP contribution in [0.3, 0.4) is 0 Å². The van der Waals surface area contributed by atoms with Crippen LogP contribution in [0.1, 0.15) is 48.6 Å². The van der Waals surface area contributed by atoms with Gasteiger partial charge < -0.3 is 15.1 Å². The number of thiophene rings is 1. The number of hydrogen-bond acceptors (Lipinski definition) is 4. The van der Waals surface area contributed by atoms with Crippen LogP contribution in [0.4, 0.5) is 10.6 Å². The van der Waals surface area contributed by atoms with Crippen LogP contribution >= 0.6 is 11.3 Å². The molecule has 28 heavy (non-hydrogen) atoms. The van der Waals surface area contributed by atoms with Crippen molar-refractivity contribution < 1.29 is 9.59 Å². The highest BCUT2D eigenvalue weighted by molar-refractivity contribution is 7.10. The molecule has 2 aromatic heterocycles. The molecule has 7 nitrogen and oxygen atoms in total. The molecular formula is C20H27N5O2S. The molecule has 4 heterocycles. The molecule has 0 bridgehead atoms. The minimum absolute atomic E-state index is 0.0394. The van der Waals surface area contributed by atoms with E-state index >= 15 is 0 Å². The summed E-state index contributed by atoms with van der Waals surface area (Å²) < 4.78 is 0. The van der Waals surface area contributed by atoms with Crippen LogP contribution in [0.5, 0.6) is 0 Å². The second-order valence-electron chi connectivity index (χ2n) is 7.95. The molecule has 2 aliphatic heterocycles. The number of H-pyrrole nitrogens is 1. The monoisotopic (exact) mass is 401 g/mol. The van der Waals surface area contributed by atoms with Crippen LogP contribution < -0.4 is 5.32 Å². The maximum Gasteiger partial charge on any atom is 0.320 e. The first kappa shape index (κ1) is 19.0. The van der Waals surface area contributed by atoms with Crippen molar-refractivity contribution in [1.82, 2.24) is 20.0 Å². The Balaban J connectivity index is 1.38. The van der Waals surface area contributed by atoms with Crippen LogP contribution in [-0.4, -0.2) is 51.6 Å². The lowest BCUT2D eigenvalue weighted by Gasteiger charge is -2.37. The maximum atomic E-state index is 13.0. The number of piperidine rings is 1. The van der Waals surface area contributed by atoms with Gasteiger partial charge in [-0.15, -0.1) is 11.3 Å². The summed E-state index contributed by atoms with van der Waals surface area (Å²) in [6, 6.07) is 2.17. The molecular weight excluding hydrogens is 374 g/mol. The first-order valence-electron chi connectivity index (χ1n) is 9.96. The zero-order chi connectivity index (χ0) is 19.7. The van der Waals surface area contributed by atoms with Crippen molar-refractivity contribution in [3.63, 3.8) is 0 Å². The van der Waals surface area contributed by atoms with Crippen molar-refractivity contribution in [2.45, 2.75) is 45.6 Å². The molecule has 8 heteroatoms. The molecule has 0 saturated carbocycles. The highest BCUT2D eigenvalue weighted by Gasteiger charge is 2.32. The fourth-order valence-corrected chi connectivity index (χ4v) is 4.92. The highest BCUT2D eigenvalue weighted by atomic mass is 32.1. The maximum absolute atomic E-state index is 13.0. The lowest BCUT2D eigenvalue weighted by atomic mass is 9.97. The molecule has 0 aromatic carbocycles. The van der Waals surface area contributed by atoms with Gasteiger partial charge in [0.25, 0.3) is 0 Å². The number of carbonyl (C=O) groups is 2. The van der Waals surface area contributed by atoms with E-state index in [0.29, 0.717) is 18.9 Å². The SMILES string of the molecule is CC(C)c1cn[nH]c1NC(=O)C1CCCN(C(=O)N2CCc3sccc3C2)C1. The molecule has 150 valence electrons. The predicted molar refractivity (Wildman–Crippen MR) is 109 cm³/mol. The molecule has 2 aromatic rings. The van der Waals surface area contributed by atoms with Gasteiger partial charge in [0.1, 0.15) is 5.82 Å². The number of aromatic nitrogens is 2. The van der Waals surface area contributed by atoms with Crippen LogP contribution in [0.25, 0.3) is 0 Å². The largest absolute Gasteiger partial charge is 0.324 e. The van der Waals surface area contributed by atoms with Crippen LogP contribution in [0, 0.1) is 5.92 Å². The number of amides is 3. The van der Waals surface area contributed by atoms with Gasteiger partial charge in [-0.3, -0.25) is 9.89 Å². The lowest BCUT2D eigenvalue weighted by Crippen LogP contribution is -2.50. The summed E-state index contributed by atoms with van der Waals surface area (Å²) in [7, 11) is 0. The van der Waals surface area contributed by atoms with E-state index < -0.39 is 0 Å². The Morgan fingerprint density at radius 1 is 1.32 bits per heavy atom. The quantitative estimate of drug-likeness (QED) is 0.827. The normalized spacial score (nSPS) is 19.6. The number of rotatable bonds is 3. The number of aromatic amines is 1. The van der Waals surface area contributed by atoms with Crippen molar-refractivity contribution in [3.05, 3.63) is 33.6 Å². The van der Waals surface area contributed by atoms with Gasteiger partial charge in [-0.1, -0.05) is 13.8 Å². The third-order valence-electron chi connectivity index (χ3n) is 5.68. The van der Waals surface area contributed by atoms with Gasteiger partial charge in [0.05, 0.1) is 12.1 Å². The Kier molecular flexibility index (Phi) is 5.39. The third-order valence-corrected chi connectivity index (χ3v) is 6.70. The Bertz CT molecular complexity index is 858. The molecule has 1 fully saturated rings. The van der Waals surface area contributed by atoms with Crippen LogP contribution in [0.2, 0.25) is 0 Å². The summed E-state index contributed by atoms with van der Waals surface area (Å²) in [6.45, 7) is 6.76. The molecule has 1 unspecified atom stereocenters. The molecule has 4 rings (SSSR count). The van der Waals surface area contributed by atoms with E-state index in [2.05, 4.69) is 40.8 Å². The number of nitrogens with zero attached hydrogens (tertiary/aromatic N) is 3. The molecule has 1 saturated heterocycles. The lowest BCUT2D eigenvalue weighted by molar-refractivity contribution is -0.121. The van der Waals surface area contributed by atoms with Gasteiger partial charge in [-0.2, -0.15) is 5.10 Å². The molecule has 3 amide bonds.